The molecule has 4 rings (SSSR count). The van der Waals surface area contributed by atoms with Crippen molar-refractivity contribution < 1.29 is 9.47 Å². The maximum absolute atomic E-state index is 5.65. The first-order valence-electron chi connectivity index (χ1n) is 10.3. The van der Waals surface area contributed by atoms with E-state index in [0.717, 1.165) is 45.3 Å². The maximum Gasteiger partial charge on any atom is 0.206 e. The van der Waals surface area contributed by atoms with Crippen molar-refractivity contribution >= 4 is 28.9 Å². The van der Waals surface area contributed by atoms with Crippen LogP contribution in [0.15, 0.2) is 45.8 Å². The Labute approximate surface area is 185 Å². The van der Waals surface area contributed by atoms with Crippen molar-refractivity contribution in [3.05, 3.63) is 50.3 Å². The summed E-state index contributed by atoms with van der Waals surface area (Å²) in [5.74, 6) is 1.52. The zero-order valence-corrected chi connectivity index (χ0v) is 19.3. The Morgan fingerprint density at radius 3 is 2.60 bits per heavy atom. The second kappa shape index (κ2) is 9.62. The Balaban J connectivity index is 1.80. The van der Waals surface area contributed by atoms with Crippen molar-refractivity contribution in [3.63, 3.8) is 0 Å². The predicted molar refractivity (Wildman–Crippen MR) is 125 cm³/mol. The van der Waals surface area contributed by atoms with Gasteiger partial charge in [0.15, 0.2) is 0 Å². The topological polar surface area (TPSA) is 48.1 Å². The van der Waals surface area contributed by atoms with Crippen LogP contribution in [0, 0.1) is 6.92 Å². The molecule has 5 nitrogen and oxygen atoms in total. The maximum atomic E-state index is 5.65. The summed E-state index contributed by atoms with van der Waals surface area (Å²) in [6, 6.07) is 10.5. The molecule has 0 radical (unpaired) electrons. The number of ether oxygens (including phenoxy) is 2. The summed E-state index contributed by atoms with van der Waals surface area (Å²) in [6.07, 6.45) is 8.08. The lowest BCUT2D eigenvalue weighted by atomic mass is 9.96. The summed E-state index contributed by atoms with van der Waals surface area (Å²) in [7, 11) is 3.34. The molecule has 1 aliphatic carbocycles. The molecule has 1 saturated carbocycles. The minimum absolute atomic E-state index is 0.383. The minimum Gasteiger partial charge on any atom is -0.497 e. The molecule has 30 heavy (non-hydrogen) atoms. The smallest absolute Gasteiger partial charge is 0.206 e. The van der Waals surface area contributed by atoms with Crippen LogP contribution in [0.1, 0.15) is 41.9 Å². The summed E-state index contributed by atoms with van der Waals surface area (Å²) < 4.78 is 13.0. The summed E-state index contributed by atoms with van der Waals surface area (Å²) in [5.41, 5.74) is 1.94. The number of aryl methyl sites for hydroxylation is 1. The van der Waals surface area contributed by atoms with E-state index in [4.69, 9.17) is 19.6 Å². The Kier molecular flexibility index (Phi) is 6.69. The number of benzene rings is 1. The second-order valence-corrected chi connectivity index (χ2v) is 9.55. The van der Waals surface area contributed by atoms with Gasteiger partial charge < -0.3 is 9.47 Å². The fourth-order valence-corrected chi connectivity index (χ4v) is 5.34. The molecule has 0 unspecified atom stereocenters. The van der Waals surface area contributed by atoms with Crippen molar-refractivity contribution in [1.29, 1.82) is 0 Å². The van der Waals surface area contributed by atoms with E-state index in [1.54, 1.807) is 36.9 Å². The zero-order valence-electron chi connectivity index (χ0n) is 17.6. The van der Waals surface area contributed by atoms with Crippen LogP contribution in [0.2, 0.25) is 0 Å². The van der Waals surface area contributed by atoms with E-state index in [2.05, 4.69) is 24.4 Å². The van der Waals surface area contributed by atoms with Gasteiger partial charge in [-0.05, 0) is 44.0 Å². The van der Waals surface area contributed by atoms with Gasteiger partial charge in [0.2, 0.25) is 4.80 Å². The number of aromatic nitrogens is 1. The van der Waals surface area contributed by atoms with E-state index in [1.165, 1.54) is 24.1 Å². The van der Waals surface area contributed by atoms with E-state index in [9.17, 15) is 0 Å². The molecule has 0 saturated heterocycles. The highest BCUT2D eigenvalue weighted by Crippen LogP contribution is 2.33. The molecular formula is C23H27N3O2S2. The number of hydrogen-bond donors (Lipinski definition) is 0. The van der Waals surface area contributed by atoms with Gasteiger partial charge in [-0.2, -0.15) is 5.10 Å². The fourth-order valence-electron chi connectivity index (χ4n) is 3.70. The average Bonchev–Trinajstić information content (AvgIpc) is 3.38. The molecule has 7 heteroatoms. The summed E-state index contributed by atoms with van der Waals surface area (Å²) in [6.45, 7) is 2.11. The fraction of sp³-hybridized carbons (Fsp3) is 0.391. The lowest BCUT2D eigenvalue weighted by molar-refractivity contribution is 0.395. The number of rotatable bonds is 6. The predicted octanol–water partition coefficient (Wildman–Crippen LogP) is 5.72. The summed E-state index contributed by atoms with van der Waals surface area (Å²) in [4.78, 5) is 8.41. The molecule has 1 fully saturated rings. The van der Waals surface area contributed by atoms with Crippen molar-refractivity contribution in [2.45, 2.75) is 45.1 Å². The molecule has 158 valence electrons. The zero-order chi connectivity index (χ0) is 20.9. The van der Waals surface area contributed by atoms with Gasteiger partial charge >= 0.3 is 0 Å². The molecule has 1 aliphatic rings. The third kappa shape index (κ3) is 4.68. The van der Waals surface area contributed by atoms with Crippen molar-refractivity contribution in [3.8, 4) is 22.8 Å². The Bertz CT molecular complexity index is 1090. The quantitative estimate of drug-likeness (QED) is 0.459. The third-order valence-electron chi connectivity index (χ3n) is 5.30. The number of thiophene rings is 1. The van der Waals surface area contributed by atoms with Crippen LogP contribution < -0.4 is 14.3 Å². The Morgan fingerprint density at radius 2 is 1.90 bits per heavy atom. The monoisotopic (exact) mass is 441 g/mol. The molecule has 0 bridgehead atoms. The molecule has 0 N–H and O–H groups in total. The van der Waals surface area contributed by atoms with Gasteiger partial charge in [-0.15, -0.1) is 22.7 Å². The van der Waals surface area contributed by atoms with Gasteiger partial charge in [0.25, 0.3) is 0 Å². The highest BCUT2D eigenvalue weighted by molar-refractivity contribution is 7.13. The van der Waals surface area contributed by atoms with Crippen LogP contribution in [0.5, 0.6) is 11.5 Å². The first-order chi connectivity index (χ1) is 14.7. The van der Waals surface area contributed by atoms with Gasteiger partial charge in [0.1, 0.15) is 11.5 Å². The number of thiazole rings is 1. The Morgan fingerprint density at radius 1 is 1.07 bits per heavy atom. The molecule has 2 aromatic heterocycles. The standard InChI is InChI=1S/C23H27N3O2S2/c1-16-9-11-19(30-16)14-24-26-21(20-12-10-18(27-2)13-22(20)28-3)15-29-23(26)25-17-7-5-4-6-8-17/h9-15,17H,4-8H2,1-3H3. The number of hydrogen-bond acceptors (Lipinski definition) is 6. The van der Waals surface area contributed by atoms with E-state index >= 15 is 0 Å². The second-order valence-electron chi connectivity index (χ2n) is 7.40. The van der Waals surface area contributed by atoms with Gasteiger partial charge in [-0.3, -0.25) is 4.99 Å². The van der Waals surface area contributed by atoms with Crippen LogP contribution in [-0.2, 0) is 0 Å². The molecule has 0 aliphatic heterocycles. The van der Waals surface area contributed by atoms with Crippen LogP contribution >= 0.6 is 22.7 Å². The first kappa shape index (κ1) is 20.9. The van der Waals surface area contributed by atoms with E-state index in [0.29, 0.717) is 6.04 Å². The molecule has 0 atom stereocenters. The molecule has 0 spiro atoms. The highest BCUT2D eigenvalue weighted by atomic mass is 32.1. The highest BCUT2D eigenvalue weighted by Gasteiger charge is 2.16. The SMILES string of the molecule is COc1ccc(-c2csc(=NC3CCCCC3)n2N=Cc2ccc(C)s2)c(OC)c1. The molecule has 2 heterocycles. The van der Waals surface area contributed by atoms with Gasteiger partial charge in [0.05, 0.1) is 32.2 Å². The molecule has 0 amide bonds. The van der Waals surface area contributed by atoms with Gasteiger partial charge in [-0.25, -0.2) is 4.68 Å². The van der Waals surface area contributed by atoms with E-state index < -0.39 is 0 Å². The van der Waals surface area contributed by atoms with Crippen molar-refractivity contribution in [2.75, 3.05) is 14.2 Å². The third-order valence-corrected chi connectivity index (χ3v) is 7.06. The van der Waals surface area contributed by atoms with Crippen LogP contribution in [0.4, 0.5) is 0 Å². The van der Waals surface area contributed by atoms with Crippen molar-refractivity contribution in [1.82, 2.24) is 4.68 Å². The lowest BCUT2D eigenvalue weighted by Gasteiger charge is -2.17. The van der Waals surface area contributed by atoms with Crippen LogP contribution in [0.3, 0.4) is 0 Å². The van der Waals surface area contributed by atoms with E-state index in [-0.39, 0.29) is 0 Å². The Hall–Kier alpha value is -2.38. The largest absolute Gasteiger partial charge is 0.497 e. The minimum atomic E-state index is 0.383. The number of methoxy groups -OCH3 is 2. The van der Waals surface area contributed by atoms with Gasteiger partial charge in [0, 0.05) is 26.8 Å². The first-order valence-corrected chi connectivity index (χ1v) is 11.9. The van der Waals surface area contributed by atoms with Crippen molar-refractivity contribution in [2.24, 2.45) is 10.1 Å². The van der Waals surface area contributed by atoms with Gasteiger partial charge in [-0.1, -0.05) is 19.3 Å². The molecule has 1 aromatic carbocycles. The normalized spacial score (nSPS) is 15.8. The lowest BCUT2D eigenvalue weighted by Crippen LogP contribution is -2.19. The average molecular weight is 442 g/mol. The van der Waals surface area contributed by atoms with Crippen LogP contribution in [-0.4, -0.2) is 31.2 Å². The molecule has 3 aromatic rings. The molecular weight excluding hydrogens is 414 g/mol. The van der Waals surface area contributed by atoms with E-state index in [1.807, 2.05) is 29.1 Å². The summed E-state index contributed by atoms with van der Waals surface area (Å²) >= 11 is 3.37. The number of nitrogens with zero attached hydrogens (tertiary/aromatic N) is 3. The summed E-state index contributed by atoms with van der Waals surface area (Å²) in [5, 5.41) is 6.96. The van der Waals surface area contributed by atoms with Crippen LogP contribution in [0.25, 0.3) is 11.3 Å².